The van der Waals surface area contributed by atoms with Gasteiger partial charge in [-0.3, -0.25) is 0 Å². The number of hydrogen-bond donors (Lipinski definition) is 0. The Labute approximate surface area is 96.7 Å². The predicted molar refractivity (Wildman–Crippen MR) is 55.9 cm³/mol. The maximum atomic E-state index is 11.4. The molecule has 0 heterocycles. The molecule has 0 aliphatic rings. The monoisotopic (exact) mass is 228 g/mol. The van der Waals surface area contributed by atoms with Crippen LogP contribution in [0.5, 0.6) is 0 Å². The van der Waals surface area contributed by atoms with E-state index in [1.165, 1.54) is 0 Å². The van der Waals surface area contributed by atoms with Crippen molar-refractivity contribution in [2.75, 3.05) is 0 Å². The van der Waals surface area contributed by atoms with E-state index in [0.717, 1.165) is 0 Å². The summed E-state index contributed by atoms with van der Waals surface area (Å²) in [5, 5.41) is 22.0. The summed E-state index contributed by atoms with van der Waals surface area (Å²) in [6.45, 7) is 8.75. The average molecular weight is 228 g/mol. The molecule has 0 spiro atoms. The van der Waals surface area contributed by atoms with Crippen molar-refractivity contribution in [3.63, 3.8) is 0 Å². The molecular weight excluding hydrogens is 208 g/mol. The number of aliphatic carboxylic acids is 2. The molecule has 0 rings (SSSR count). The Morgan fingerprint density at radius 2 is 1.38 bits per heavy atom. The highest BCUT2D eigenvalue weighted by Gasteiger charge is 2.43. The van der Waals surface area contributed by atoms with Gasteiger partial charge < -0.3 is 19.8 Å². The van der Waals surface area contributed by atoms with Crippen molar-refractivity contribution >= 4 is 11.9 Å². The average Bonchev–Trinajstić information content (AvgIpc) is 1.99. The summed E-state index contributed by atoms with van der Waals surface area (Å²) in [6.07, 6.45) is -0.260. The minimum absolute atomic E-state index is 0.188. The molecule has 1 atom stereocenters. The first kappa shape index (κ1) is 14.9. The van der Waals surface area contributed by atoms with Crippen molar-refractivity contribution in [3.05, 3.63) is 0 Å². The molecule has 0 fully saturated rings. The quantitative estimate of drug-likeness (QED) is 0.631. The lowest BCUT2D eigenvalue weighted by Gasteiger charge is -2.47. The zero-order valence-electron chi connectivity index (χ0n) is 10.6. The zero-order chi connectivity index (χ0) is 13.1. The Kier molecular flexibility index (Phi) is 4.97. The molecule has 0 aromatic rings. The van der Waals surface area contributed by atoms with Gasteiger partial charge in [-0.1, -0.05) is 34.6 Å². The normalized spacial score (nSPS) is 14.2. The number of carboxylic acids is 2. The van der Waals surface area contributed by atoms with Crippen molar-refractivity contribution < 1.29 is 19.8 Å². The van der Waals surface area contributed by atoms with Gasteiger partial charge >= 0.3 is 0 Å². The van der Waals surface area contributed by atoms with Crippen LogP contribution < -0.4 is 10.2 Å². The maximum Gasteiger partial charge on any atom is 0.0484 e. The van der Waals surface area contributed by atoms with Crippen LogP contribution in [0.2, 0.25) is 0 Å². The van der Waals surface area contributed by atoms with Crippen molar-refractivity contribution in [2.45, 2.75) is 41.0 Å². The Bertz CT molecular complexity index is 260. The molecule has 0 amide bonds. The van der Waals surface area contributed by atoms with E-state index in [-0.39, 0.29) is 18.3 Å². The highest BCUT2D eigenvalue weighted by Crippen LogP contribution is 2.43. The lowest BCUT2D eigenvalue weighted by atomic mass is 9.61. The molecule has 0 aliphatic heterocycles. The first-order valence-corrected chi connectivity index (χ1v) is 5.58. The van der Waals surface area contributed by atoms with Crippen LogP contribution in [0.15, 0.2) is 0 Å². The third-order valence-corrected chi connectivity index (χ3v) is 3.55. The summed E-state index contributed by atoms with van der Waals surface area (Å²) in [4.78, 5) is 22.0. The van der Waals surface area contributed by atoms with E-state index in [9.17, 15) is 19.8 Å². The standard InChI is InChI=1S/C12H22O4/c1-7(2)12(8(3)4,11(15)16)9(5)6-10(13)14/h7-9H,6H2,1-5H3,(H,13,14)(H,15,16)/p-2. The molecule has 0 radical (unpaired) electrons. The molecule has 0 saturated heterocycles. The highest BCUT2D eigenvalue weighted by atomic mass is 16.4. The molecule has 0 bridgehead atoms. The number of carbonyl (C=O) groups excluding carboxylic acids is 2. The molecule has 16 heavy (non-hydrogen) atoms. The molecule has 4 nitrogen and oxygen atoms in total. The summed E-state index contributed by atoms with van der Waals surface area (Å²) in [6, 6.07) is 0. The van der Waals surface area contributed by atoms with Gasteiger partial charge in [0, 0.05) is 17.4 Å². The molecule has 0 N–H and O–H groups in total. The minimum atomic E-state index is -1.22. The van der Waals surface area contributed by atoms with Crippen molar-refractivity contribution in [1.29, 1.82) is 0 Å². The second kappa shape index (κ2) is 5.32. The van der Waals surface area contributed by atoms with Gasteiger partial charge in [0.25, 0.3) is 0 Å². The zero-order valence-corrected chi connectivity index (χ0v) is 10.6. The van der Waals surface area contributed by atoms with E-state index in [4.69, 9.17) is 0 Å². The number of carbonyl (C=O) groups is 2. The minimum Gasteiger partial charge on any atom is -0.550 e. The van der Waals surface area contributed by atoms with Gasteiger partial charge in [-0.2, -0.15) is 0 Å². The largest absolute Gasteiger partial charge is 0.550 e. The van der Waals surface area contributed by atoms with Crippen molar-refractivity contribution in [2.24, 2.45) is 23.2 Å². The third-order valence-electron chi connectivity index (χ3n) is 3.55. The summed E-state index contributed by atoms with van der Waals surface area (Å²) in [7, 11) is 0. The van der Waals surface area contributed by atoms with E-state index in [1.54, 1.807) is 34.6 Å². The van der Waals surface area contributed by atoms with Crippen LogP contribution in [0.4, 0.5) is 0 Å². The Morgan fingerprint density at radius 3 is 1.56 bits per heavy atom. The first-order chi connectivity index (χ1) is 7.17. The second-order valence-electron chi connectivity index (χ2n) is 5.01. The molecule has 0 saturated carbocycles. The van der Waals surface area contributed by atoms with Gasteiger partial charge in [0.2, 0.25) is 0 Å². The van der Waals surface area contributed by atoms with Crippen LogP contribution in [0, 0.1) is 23.2 Å². The van der Waals surface area contributed by atoms with E-state index in [1.807, 2.05) is 0 Å². The van der Waals surface area contributed by atoms with Crippen molar-refractivity contribution in [1.82, 2.24) is 0 Å². The van der Waals surface area contributed by atoms with Gasteiger partial charge in [0.05, 0.1) is 0 Å². The van der Waals surface area contributed by atoms with Crippen LogP contribution in [-0.2, 0) is 9.59 Å². The Balaban J connectivity index is 5.34. The number of hydrogen-bond acceptors (Lipinski definition) is 4. The summed E-state index contributed by atoms with van der Waals surface area (Å²) in [5.74, 6) is -3.29. The Morgan fingerprint density at radius 1 is 1.00 bits per heavy atom. The summed E-state index contributed by atoms with van der Waals surface area (Å²) >= 11 is 0. The smallest absolute Gasteiger partial charge is 0.0484 e. The molecule has 94 valence electrons. The molecule has 1 unspecified atom stereocenters. The van der Waals surface area contributed by atoms with Crippen LogP contribution in [-0.4, -0.2) is 11.9 Å². The Hall–Kier alpha value is -1.06. The fourth-order valence-electron chi connectivity index (χ4n) is 2.90. The molecule has 0 aromatic heterocycles. The summed E-state index contributed by atoms with van der Waals surface area (Å²) < 4.78 is 0. The molecular formula is C12H20O4-2. The first-order valence-electron chi connectivity index (χ1n) is 5.58. The highest BCUT2D eigenvalue weighted by molar-refractivity contribution is 5.75. The molecule has 0 aliphatic carbocycles. The van der Waals surface area contributed by atoms with Crippen LogP contribution >= 0.6 is 0 Å². The van der Waals surface area contributed by atoms with Crippen LogP contribution in [0.3, 0.4) is 0 Å². The number of rotatable bonds is 6. The van der Waals surface area contributed by atoms with E-state index in [2.05, 4.69) is 0 Å². The van der Waals surface area contributed by atoms with Gasteiger partial charge in [-0.15, -0.1) is 0 Å². The van der Waals surface area contributed by atoms with Gasteiger partial charge in [0.1, 0.15) is 0 Å². The SMILES string of the molecule is CC(C)C(C(=O)[O-])(C(C)C)C(C)CC(=O)[O-]. The number of carboxylic acid groups (broad SMARTS) is 2. The maximum absolute atomic E-state index is 11.4. The lowest BCUT2D eigenvalue weighted by molar-refractivity contribution is -0.329. The molecule has 0 aromatic carbocycles. The fraction of sp³-hybridized carbons (Fsp3) is 0.833. The van der Waals surface area contributed by atoms with Crippen molar-refractivity contribution in [3.8, 4) is 0 Å². The van der Waals surface area contributed by atoms with E-state index in [0.29, 0.717) is 0 Å². The van der Waals surface area contributed by atoms with E-state index >= 15 is 0 Å². The van der Waals surface area contributed by atoms with Gasteiger partial charge in [-0.25, -0.2) is 0 Å². The van der Waals surface area contributed by atoms with Gasteiger partial charge in [0.15, 0.2) is 0 Å². The second-order valence-corrected chi connectivity index (χ2v) is 5.01. The molecule has 4 heteroatoms. The van der Waals surface area contributed by atoms with Crippen LogP contribution in [0.1, 0.15) is 41.0 Å². The topological polar surface area (TPSA) is 80.3 Å². The van der Waals surface area contributed by atoms with Gasteiger partial charge in [-0.05, 0) is 24.2 Å². The van der Waals surface area contributed by atoms with E-state index < -0.39 is 23.3 Å². The summed E-state index contributed by atoms with van der Waals surface area (Å²) in [5.41, 5.74) is -1.12. The fourth-order valence-corrected chi connectivity index (χ4v) is 2.90. The predicted octanol–water partition coefficient (Wildman–Crippen LogP) is -0.189. The third kappa shape index (κ3) is 2.54. The van der Waals surface area contributed by atoms with Crippen LogP contribution in [0.25, 0.3) is 0 Å². The lowest BCUT2D eigenvalue weighted by Crippen LogP contribution is -2.54.